The molecule has 1 N–H and O–H groups in total. The van der Waals surface area contributed by atoms with Gasteiger partial charge in [0.15, 0.2) is 5.78 Å². The first-order chi connectivity index (χ1) is 11.8. The summed E-state index contributed by atoms with van der Waals surface area (Å²) in [5, 5.41) is 2.78. The van der Waals surface area contributed by atoms with Crippen LogP contribution in [-0.2, 0) is 4.74 Å². The molecule has 0 radical (unpaired) electrons. The predicted octanol–water partition coefficient (Wildman–Crippen LogP) is 4.63. The molecule has 0 fully saturated rings. The van der Waals surface area contributed by atoms with E-state index in [4.69, 9.17) is 4.74 Å². The Morgan fingerprint density at radius 1 is 1.32 bits per heavy atom. The molecular formula is C19H31N3O3. The number of rotatable bonds is 1. The van der Waals surface area contributed by atoms with Crippen molar-refractivity contribution in [1.29, 1.82) is 0 Å². The average Bonchev–Trinajstić information content (AvgIpc) is 2.69. The van der Waals surface area contributed by atoms with Crippen LogP contribution in [0, 0.1) is 0 Å². The minimum Gasteiger partial charge on any atom is -0.444 e. The minimum absolute atomic E-state index is 0.0263. The normalized spacial score (nSPS) is 15.9. The smallest absolute Gasteiger partial charge is 0.408 e. The van der Waals surface area contributed by atoms with Crippen LogP contribution < -0.4 is 5.32 Å². The van der Waals surface area contributed by atoms with Gasteiger partial charge in [0, 0.05) is 18.8 Å². The lowest BCUT2D eigenvalue weighted by Crippen LogP contribution is -2.35. The van der Waals surface area contributed by atoms with Crippen LogP contribution >= 0.6 is 0 Å². The molecule has 0 saturated carbocycles. The van der Waals surface area contributed by atoms with Gasteiger partial charge in [0.2, 0.25) is 0 Å². The first-order valence-electron chi connectivity index (χ1n) is 8.69. The van der Waals surface area contributed by atoms with Crippen LogP contribution in [0.2, 0.25) is 0 Å². The van der Waals surface area contributed by atoms with Crippen LogP contribution in [0.1, 0.15) is 83.0 Å². The van der Waals surface area contributed by atoms with E-state index in [1.807, 2.05) is 20.8 Å². The standard InChI is InChI=1S/C14H19N3O3.C3H6.C2H6/c1-14(2,3)20-13(19)17-9-5-4-6-10(18)12-11(9)15-7-8-16-12;1-3-2;1-2/h7-9H,4-6H2,1-3H3,(H,17,19);3H,1H2,2H3;1-2H3/t9-;;/m0../s1. The number of ether oxygens (including phenoxy) is 1. The molecule has 0 aliphatic heterocycles. The van der Waals surface area contributed by atoms with Crippen LogP contribution in [0.3, 0.4) is 0 Å². The zero-order chi connectivity index (χ0) is 19.5. The van der Waals surface area contributed by atoms with Gasteiger partial charge in [-0.2, -0.15) is 0 Å². The Hall–Kier alpha value is -2.24. The highest BCUT2D eigenvalue weighted by atomic mass is 16.6. The Kier molecular flexibility index (Phi) is 10.3. The number of amides is 1. The summed E-state index contributed by atoms with van der Waals surface area (Å²) in [4.78, 5) is 32.1. The molecule has 0 unspecified atom stereocenters. The van der Waals surface area contributed by atoms with E-state index in [1.165, 1.54) is 12.4 Å². The summed E-state index contributed by atoms with van der Waals surface area (Å²) in [6.07, 6.45) is 6.04. The molecule has 6 heteroatoms. The van der Waals surface area contributed by atoms with Crippen molar-refractivity contribution in [3.8, 4) is 0 Å². The topological polar surface area (TPSA) is 81.2 Å². The van der Waals surface area contributed by atoms with Crippen molar-refractivity contribution in [1.82, 2.24) is 15.3 Å². The third kappa shape index (κ3) is 8.42. The summed E-state index contributed by atoms with van der Waals surface area (Å²) in [7, 11) is 0. The number of carbonyl (C=O) groups excluding carboxylic acids is 2. The lowest BCUT2D eigenvalue weighted by molar-refractivity contribution is 0.0499. The molecule has 0 aromatic carbocycles. The molecule has 1 aliphatic carbocycles. The van der Waals surface area contributed by atoms with E-state index >= 15 is 0 Å². The van der Waals surface area contributed by atoms with Gasteiger partial charge >= 0.3 is 6.09 Å². The van der Waals surface area contributed by atoms with E-state index < -0.39 is 11.7 Å². The molecule has 1 aromatic rings. The highest BCUT2D eigenvalue weighted by Gasteiger charge is 2.28. The fraction of sp³-hybridized carbons (Fsp3) is 0.579. The van der Waals surface area contributed by atoms with Gasteiger partial charge in [-0.25, -0.2) is 9.78 Å². The van der Waals surface area contributed by atoms with Gasteiger partial charge in [-0.3, -0.25) is 9.78 Å². The molecule has 0 spiro atoms. The number of aromatic nitrogens is 2. The molecule has 25 heavy (non-hydrogen) atoms. The zero-order valence-corrected chi connectivity index (χ0v) is 16.3. The lowest BCUT2D eigenvalue weighted by Gasteiger charge is -2.23. The number of Topliss-reactive ketones (excluding diaryl/α,β-unsaturated/α-hetero) is 1. The predicted molar refractivity (Wildman–Crippen MR) is 99.5 cm³/mol. The van der Waals surface area contributed by atoms with Crippen molar-refractivity contribution in [2.45, 2.75) is 72.4 Å². The Morgan fingerprint density at radius 3 is 2.44 bits per heavy atom. The Labute approximate surface area is 151 Å². The minimum atomic E-state index is -0.560. The van der Waals surface area contributed by atoms with E-state index in [1.54, 1.807) is 26.8 Å². The van der Waals surface area contributed by atoms with Crippen molar-refractivity contribution >= 4 is 11.9 Å². The van der Waals surface area contributed by atoms with E-state index in [0.29, 0.717) is 30.7 Å². The Morgan fingerprint density at radius 2 is 1.88 bits per heavy atom. The van der Waals surface area contributed by atoms with Gasteiger partial charge in [-0.1, -0.05) is 19.9 Å². The summed E-state index contributed by atoms with van der Waals surface area (Å²) in [6, 6.07) is -0.333. The molecule has 140 valence electrons. The third-order valence-corrected chi connectivity index (χ3v) is 2.91. The van der Waals surface area contributed by atoms with Gasteiger partial charge in [-0.05, 0) is 40.5 Å². The van der Waals surface area contributed by atoms with E-state index in [0.717, 1.165) is 0 Å². The summed E-state index contributed by atoms with van der Waals surface area (Å²) < 4.78 is 5.24. The van der Waals surface area contributed by atoms with Crippen molar-refractivity contribution in [2.75, 3.05) is 0 Å². The van der Waals surface area contributed by atoms with Crippen LogP contribution in [0.15, 0.2) is 25.0 Å². The van der Waals surface area contributed by atoms with Crippen molar-refractivity contribution in [2.24, 2.45) is 0 Å². The quantitative estimate of drug-likeness (QED) is 0.590. The number of hydrogen-bond acceptors (Lipinski definition) is 5. The van der Waals surface area contributed by atoms with Crippen LogP contribution in [0.4, 0.5) is 4.79 Å². The summed E-state index contributed by atoms with van der Waals surface area (Å²) in [5.41, 5.74) is 0.322. The molecular weight excluding hydrogens is 318 g/mol. The van der Waals surface area contributed by atoms with Crippen LogP contribution in [0.5, 0.6) is 0 Å². The second-order valence-corrected chi connectivity index (χ2v) is 6.21. The number of carbonyl (C=O) groups is 2. The molecule has 0 saturated heterocycles. The highest BCUT2D eigenvalue weighted by molar-refractivity contribution is 5.95. The largest absolute Gasteiger partial charge is 0.444 e. The first-order valence-corrected chi connectivity index (χ1v) is 8.69. The fourth-order valence-electron chi connectivity index (χ4n) is 2.13. The fourth-order valence-corrected chi connectivity index (χ4v) is 2.13. The number of fused-ring (bicyclic) bond motifs is 1. The van der Waals surface area contributed by atoms with Crippen molar-refractivity contribution < 1.29 is 14.3 Å². The number of nitrogens with zero attached hydrogens (tertiary/aromatic N) is 2. The maximum Gasteiger partial charge on any atom is 0.408 e. The SMILES string of the molecule is C=CC.CC.CC(C)(C)OC(=O)N[C@H]1CCCC(=O)c2nccnc21. The maximum atomic E-state index is 11.9. The van der Waals surface area contributed by atoms with Gasteiger partial charge in [0.05, 0.1) is 11.7 Å². The lowest BCUT2D eigenvalue weighted by atomic mass is 10.1. The summed E-state index contributed by atoms with van der Waals surface area (Å²) in [5.74, 6) is -0.0263. The monoisotopic (exact) mass is 349 g/mol. The molecule has 1 atom stereocenters. The number of hydrogen-bond donors (Lipinski definition) is 1. The molecule has 1 aromatic heterocycles. The molecule has 1 aliphatic rings. The molecule has 6 nitrogen and oxygen atoms in total. The van der Waals surface area contributed by atoms with Crippen molar-refractivity contribution in [3.63, 3.8) is 0 Å². The summed E-state index contributed by atoms with van der Waals surface area (Å²) in [6.45, 7) is 14.7. The maximum absolute atomic E-state index is 11.9. The van der Waals surface area contributed by atoms with Crippen molar-refractivity contribution in [3.05, 3.63) is 36.4 Å². The molecule has 1 amide bonds. The summed E-state index contributed by atoms with van der Waals surface area (Å²) >= 11 is 0. The number of ketones is 1. The Balaban J connectivity index is 0.00000104. The molecule has 1 heterocycles. The average molecular weight is 349 g/mol. The highest BCUT2D eigenvalue weighted by Crippen LogP contribution is 2.25. The van der Waals surface area contributed by atoms with Gasteiger partial charge < -0.3 is 10.1 Å². The van der Waals surface area contributed by atoms with Gasteiger partial charge in [0.25, 0.3) is 0 Å². The number of allylic oxidation sites excluding steroid dienone is 1. The molecule has 2 rings (SSSR count). The van der Waals surface area contributed by atoms with Gasteiger partial charge in [0.1, 0.15) is 11.3 Å². The van der Waals surface area contributed by atoms with Gasteiger partial charge in [-0.15, -0.1) is 6.58 Å². The number of alkyl carbamates (subject to hydrolysis) is 1. The second-order valence-electron chi connectivity index (χ2n) is 6.21. The first kappa shape index (κ1) is 22.8. The zero-order valence-electron chi connectivity index (χ0n) is 16.3. The van der Waals surface area contributed by atoms with Crippen LogP contribution in [0.25, 0.3) is 0 Å². The van der Waals surface area contributed by atoms with E-state index in [-0.39, 0.29) is 11.8 Å². The third-order valence-electron chi connectivity index (χ3n) is 2.91. The molecule has 0 bridgehead atoms. The Bertz CT molecular complexity index is 565. The van der Waals surface area contributed by atoms with E-state index in [9.17, 15) is 9.59 Å². The second kappa shape index (κ2) is 11.3. The number of nitrogens with one attached hydrogen (secondary N) is 1. The van der Waals surface area contributed by atoms with Crippen LogP contribution in [-0.4, -0.2) is 27.4 Å². The van der Waals surface area contributed by atoms with E-state index in [2.05, 4.69) is 21.9 Å².